The number of likely N-dealkylation sites (tertiary alicyclic amines) is 1. The van der Waals surface area contributed by atoms with Crippen molar-refractivity contribution < 1.29 is 4.74 Å². The Morgan fingerprint density at radius 1 is 1.31 bits per heavy atom. The van der Waals surface area contributed by atoms with E-state index in [0.29, 0.717) is 0 Å². The van der Waals surface area contributed by atoms with Crippen molar-refractivity contribution in [1.82, 2.24) is 4.90 Å². The van der Waals surface area contributed by atoms with Crippen LogP contribution in [0.15, 0.2) is 24.3 Å². The molecule has 0 amide bonds. The molecule has 0 aromatic heterocycles. The van der Waals surface area contributed by atoms with Gasteiger partial charge in [0.25, 0.3) is 0 Å². The number of para-hydroxylation sites is 1. The van der Waals surface area contributed by atoms with Crippen LogP contribution in [0.5, 0.6) is 5.75 Å². The minimum atomic E-state index is 0.0225. The molecule has 1 fully saturated rings. The van der Waals surface area contributed by atoms with Crippen LogP contribution in [-0.2, 0) is 0 Å². The highest BCUT2D eigenvalue weighted by Gasteiger charge is 2.19. The molecular weight excluding hydrogens is 222 g/mol. The number of ether oxygens (including phenoxy) is 1. The average Bonchev–Trinajstić information content (AvgIpc) is 2.81. The van der Waals surface area contributed by atoms with Crippen molar-refractivity contribution in [3.05, 3.63) is 29.8 Å². The van der Waals surface area contributed by atoms with E-state index in [1.807, 2.05) is 24.3 Å². The third kappa shape index (κ3) is 2.69. The molecule has 0 N–H and O–H groups in total. The number of nitrogens with zero attached hydrogens (tertiary/aromatic N) is 1. The maximum absolute atomic E-state index is 6.45. The lowest BCUT2D eigenvalue weighted by molar-refractivity contribution is 0.335. The predicted octanol–water partition coefficient (Wildman–Crippen LogP) is 3.07. The molecule has 2 rings (SSSR count). The quantitative estimate of drug-likeness (QED) is 0.749. The van der Waals surface area contributed by atoms with Gasteiger partial charge < -0.3 is 9.64 Å². The molecule has 1 heterocycles. The Kier molecular flexibility index (Phi) is 4.08. The predicted molar refractivity (Wildman–Crippen MR) is 67.3 cm³/mol. The average molecular weight is 240 g/mol. The topological polar surface area (TPSA) is 12.5 Å². The second kappa shape index (κ2) is 5.55. The lowest BCUT2D eigenvalue weighted by atomic mass is 10.1. The van der Waals surface area contributed by atoms with Crippen molar-refractivity contribution in [3.63, 3.8) is 0 Å². The zero-order valence-electron chi connectivity index (χ0n) is 9.66. The summed E-state index contributed by atoms with van der Waals surface area (Å²) in [5.74, 6) is 0.890. The third-order valence-electron chi connectivity index (χ3n) is 3.09. The monoisotopic (exact) mass is 239 g/mol. The van der Waals surface area contributed by atoms with E-state index in [2.05, 4.69) is 4.90 Å². The van der Waals surface area contributed by atoms with E-state index >= 15 is 0 Å². The highest BCUT2D eigenvalue weighted by Crippen LogP contribution is 2.30. The van der Waals surface area contributed by atoms with E-state index in [4.69, 9.17) is 16.3 Å². The van der Waals surface area contributed by atoms with Crippen LogP contribution < -0.4 is 4.74 Å². The number of hydrogen-bond donors (Lipinski definition) is 0. The number of hydrogen-bond acceptors (Lipinski definition) is 2. The van der Waals surface area contributed by atoms with E-state index in [0.717, 1.165) is 17.9 Å². The van der Waals surface area contributed by atoms with E-state index in [9.17, 15) is 0 Å². The van der Waals surface area contributed by atoms with Crippen LogP contribution in [0.1, 0.15) is 23.8 Å². The zero-order chi connectivity index (χ0) is 11.4. The fraction of sp³-hybridized carbons (Fsp3) is 0.538. The van der Waals surface area contributed by atoms with Crippen LogP contribution in [0, 0.1) is 0 Å². The summed E-state index contributed by atoms with van der Waals surface area (Å²) in [5.41, 5.74) is 1.10. The SMILES string of the molecule is COc1ccccc1C(Cl)CN1CCCC1. The molecule has 1 aliphatic rings. The summed E-state index contributed by atoms with van der Waals surface area (Å²) < 4.78 is 5.33. The number of rotatable bonds is 4. The van der Waals surface area contributed by atoms with Gasteiger partial charge in [-0.3, -0.25) is 0 Å². The van der Waals surface area contributed by atoms with Gasteiger partial charge in [0.15, 0.2) is 0 Å². The fourth-order valence-corrected chi connectivity index (χ4v) is 2.59. The van der Waals surface area contributed by atoms with Crippen LogP contribution in [0.4, 0.5) is 0 Å². The Balaban J connectivity index is 2.04. The van der Waals surface area contributed by atoms with Crippen molar-refractivity contribution in [3.8, 4) is 5.75 Å². The van der Waals surface area contributed by atoms with Gasteiger partial charge in [0.05, 0.1) is 12.5 Å². The summed E-state index contributed by atoms with van der Waals surface area (Å²) >= 11 is 6.45. The molecule has 0 spiro atoms. The molecule has 0 aliphatic carbocycles. The molecule has 3 heteroatoms. The Labute approximate surface area is 102 Å². The van der Waals surface area contributed by atoms with Gasteiger partial charge in [0.1, 0.15) is 5.75 Å². The Morgan fingerprint density at radius 3 is 2.69 bits per heavy atom. The van der Waals surface area contributed by atoms with Crippen molar-refractivity contribution in [2.45, 2.75) is 18.2 Å². The van der Waals surface area contributed by atoms with Crippen LogP contribution in [0.2, 0.25) is 0 Å². The highest BCUT2D eigenvalue weighted by molar-refractivity contribution is 6.21. The fourth-order valence-electron chi connectivity index (χ4n) is 2.22. The lowest BCUT2D eigenvalue weighted by Gasteiger charge is -2.20. The smallest absolute Gasteiger partial charge is 0.123 e. The van der Waals surface area contributed by atoms with Gasteiger partial charge in [0, 0.05) is 12.1 Å². The first-order valence-electron chi connectivity index (χ1n) is 5.80. The molecule has 0 saturated carbocycles. The Bertz CT molecular complexity index is 336. The molecule has 1 aromatic rings. The van der Waals surface area contributed by atoms with Gasteiger partial charge in [0.2, 0.25) is 0 Å². The summed E-state index contributed by atoms with van der Waals surface area (Å²) in [7, 11) is 1.69. The molecule has 0 bridgehead atoms. The van der Waals surface area contributed by atoms with Gasteiger partial charge in [-0.05, 0) is 32.0 Å². The number of methoxy groups -OCH3 is 1. The van der Waals surface area contributed by atoms with Gasteiger partial charge >= 0.3 is 0 Å². The second-order valence-corrected chi connectivity index (χ2v) is 4.74. The molecule has 1 atom stereocenters. The minimum Gasteiger partial charge on any atom is -0.496 e. The molecule has 88 valence electrons. The van der Waals surface area contributed by atoms with Crippen LogP contribution in [0.25, 0.3) is 0 Å². The molecule has 1 saturated heterocycles. The third-order valence-corrected chi connectivity index (χ3v) is 3.47. The van der Waals surface area contributed by atoms with Crippen LogP contribution in [-0.4, -0.2) is 31.6 Å². The molecule has 1 aromatic carbocycles. The van der Waals surface area contributed by atoms with Crippen molar-refractivity contribution in [2.75, 3.05) is 26.7 Å². The Morgan fingerprint density at radius 2 is 2.00 bits per heavy atom. The number of halogens is 1. The first-order valence-corrected chi connectivity index (χ1v) is 6.24. The Hall–Kier alpha value is -0.730. The zero-order valence-corrected chi connectivity index (χ0v) is 10.4. The number of alkyl halides is 1. The van der Waals surface area contributed by atoms with Crippen LogP contribution in [0.3, 0.4) is 0 Å². The van der Waals surface area contributed by atoms with Crippen molar-refractivity contribution >= 4 is 11.6 Å². The highest BCUT2D eigenvalue weighted by atomic mass is 35.5. The standard InChI is InChI=1S/C13H18ClNO/c1-16-13-7-3-2-6-11(13)12(14)10-15-8-4-5-9-15/h2-3,6-7,12H,4-5,8-10H2,1H3. The molecule has 2 nitrogen and oxygen atoms in total. The maximum Gasteiger partial charge on any atom is 0.123 e. The van der Waals surface area contributed by atoms with E-state index < -0.39 is 0 Å². The van der Waals surface area contributed by atoms with Crippen molar-refractivity contribution in [2.24, 2.45) is 0 Å². The van der Waals surface area contributed by atoms with Gasteiger partial charge in [-0.25, -0.2) is 0 Å². The van der Waals surface area contributed by atoms with Crippen LogP contribution >= 0.6 is 11.6 Å². The molecule has 1 unspecified atom stereocenters. The summed E-state index contributed by atoms with van der Waals surface area (Å²) in [6.07, 6.45) is 2.60. The van der Waals surface area contributed by atoms with E-state index in [-0.39, 0.29) is 5.38 Å². The summed E-state index contributed by atoms with van der Waals surface area (Å²) in [6, 6.07) is 8.00. The van der Waals surface area contributed by atoms with Crippen molar-refractivity contribution in [1.29, 1.82) is 0 Å². The lowest BCUT2D eigenvalue weighted by Crippen LogP contribution is -2.23. The molecule has 0 radical (unpaired) electrons. The van der Waals surface area contributed by atoms with Gasteiger partial charge in [-0.1, -0.05) is 18.2 Å². The van der Waals surface area contributed by atoms with E-state index in [1.54, 1.807) is 7.11 Å². The first-order chi connectivity index (χ1) is 7.81. The first kappa shape index (κ1) is 11.7. The summed E-state index contributed by atoms with van der Waals surface area (Å²) in [5, 5.41) is 0.0225. The largest absolute Gasteiger partial charge is 0.496 e. The summed E-state index contributed by atoms with van der Waals surface area (Å²) in [6.45, 7) is 3.28. The van der Waals surface area contributed by atoms with Gasteiger partial charge in [-0.15, -0.1) is 11.6 Å². The van der Waals surface area contributed by atoms with Gasteiger partial charge in [-0.2, -0.15) is 0 Å². The normalized spacial score (nSPS) is 18.6. The molecule has 1 aliphatic heterocycles. The minimum absolute atomic E-state index is 0.0225. The summed E-state index contributed by atoms with van der Waals surface area (Å²) in [4.78, 5) is 2.42. The van der Waals surface area contributed by atoms with E-state index in [1.165, 1.54) is 25.9 Å². The molecular formula is C13H18ClNO. The molecule has 16 heavy (non-hydrogen) atoms. The number of benzene rings is 1. The second-order valence-electron chi connectivity index (χ2n) is 4.22. The maximum atomic E-state index is 6.45.